The van der Waals surface area contributed by atoms with Gasteiger partial charge in [0.25, 0.3) is 0 Å². The van der Waals surface area contributed by atoms with E-state index in [1.165, 1.54) is 32.1 Å². The normalized spacial score (nSPS) is 20.2. The molecule has 0 N–H and O–H groups in total. The van der Waals surface area contributed by atoms with Crippen molar-refractivity contribution in [1.82, 2.24) is 0 Å². The second-order valence-corrected chi connectivity index (χ2v) is 7.05. The van der Waals surface area contributed by atoms with Crippen LogP contribution >= 0.6 is 0 Å². The van der Waals surface area contributed by atoms with Gasteiger partial charge >= 0.3 is 0 Å². The Kier molecular flexibility index (Phi) is 3.82. The Morgan fingerprint density at radius 2 is 1.38 bits per heavy atom. The predicted molar refractivity (Wildman–Crippen MR) is 73.6 cm³/mol. The van der Waals surface area contributed by atoms with Crippen LogP contribution in [-0.4, -0.2) is 0 Å². The van der Waals surface area contributed by atoms with E-state index in [0.717, 1.165) is 5.92 Å². The molecule has 0 spiro atoms. The minimum Gasteiger partial charge on any atom is -0.0651 e. The molecule has 0 heterocycles. The van der Waals surface area contributed by atoms with E-state index in [2.05, 4.69) is 48.5 Å². The molecule has 1 aliphatic rings. The average molecular weight is 224 g/mol. The highest BCUT2D eigenvalue weighted by Gasteiger charge is 2.62. The Hall–Kier alpha value is 0. The topological polar surface area (TPSA) is 0 Å². The van der Waals surface area contributed by atoms with Crippen LogP contribution in [0.3, 0.4) is 0 Å². The monoisotopic (exact) mass is 224 g/mol. The minimum atomic E-state index is 0.510. The maximum absolute atomic E-state index is 2.54. The molecule has 0 nitrogen and oxygen atoms in total. The largest absolute Gasteiger partial charge is 0.0651 e. The zero-order valence-electron chi connectivity index (χ0n) is 12.6. The smallest absolute Gasteiger partial charge is 0.0192 e. The van der Waals surface area contributed by atoms with Gasteiger partial charge in [-0.1, -0.05) is 67.7 Å². The number of rotatable bonds is 6. The molecule has 96 valence electrons. The number of hydrogen-bond donors (Lipinski definition) is 0. The SMILES string of the molecule is CCC(CC)C(C)(C)C1(C(C)(C)CC)CC1. The van der Waals surface area contributed by atoms with E-state index in [1.807, 2.05) is 0 Å². The first-order valence-electron chi connectivity index (χ1n) is 7.29. The second kappa shape index (κ2) is 4.35. The van der Waals surface area contributed by atoms with Gasteiger partial charge in [0.15, 0.2) is 0 Å². The summed E-state index contributed by atoms with van der Waals surface area (Å²) in [5, 5.41) is 0. The van der Waals surface area contributed by atoms with Crippen molar-refractivity contribution in [1.29, 1.82) is 0 Å². The third-order valence-corrected chi connectivity index (χ3v) is 6.17. The Labute approximate surface area is 103 Å². The molecule has 0 atom stereocenters. The van der Waals surface area contributed by atoms with Gasteiger partial charge in [0, 0.05) is 0 Å². The van der Waals surface area contributed by atoms with E-state index in [0.29, 0.717) is 16.2 Å². The molecule has 0 unspecified atom stereocenters. The molecule has 0 radical (unpaired) electrons. The van der Waals surface area contributed by atoms with Gasteiger partial charge in [-0.15, -0.1) is 0 Å². The summed E-state index contributed by atoms with van der Waals surface area (Å²) in [5.74, 6) is 0.890. The van der Waals surface area contributed by atoms with Gasteiger partial charge in [0.1, 0.15) is 0 Å². The lowest BCUT2D eigenvalue weighted by atomic mass is 9.55. The van der Waals surface area contributed by atoms with Crippen molar-refractivity contribution in [3.8, 4) is 0 Å². The van der Waals surface area contributed by atoms with E-state index in [-0.39, 0.29) is 0 Å². The van der Waals surface area contributed by atoms with Gasteiger partial charge in [-0.25, -0.2) is 0 Å². The van der Waals surface area contributed by atoms with Crippen molar-refractivity contribution in [2.24, 2.45) is 22.2 Å². The van der Waals surface area contributed by atoms with Gasteiger partial charge in [0.05, 0.1) is 0 Å². The standard InChI is InChI=1S/C16H32/c1-8-13(9-2)15(6,7)16(11-12-16)14(4,5)10-3/h13H,8-12H2,1-7H3. The van der Waals surface area contributed by atoms with Crippen LogP contribution < -0.4 is 0 Å². The van der Waals surface area contributed by atoms with Crippen LogP contribution in [0.2, 0.25) is 0 Å². The zero-order valence-corrected chi connectivity index (χ0v) is 12.6. The van der Waals surface area contributed by atoms with Crippen LogP contribution in [-0.2, 0) is 0 Å². The fraction of sp³-hybridized carbons (Fsp3) is 1.00. The lowest BCUT2D eigenvalue weighted by Crippen LogP contribution is -2.42. The fourth-order valence-electron chi connectivity index (χ4n) is 4.36. The molecule has 0 aromatic heterocycles. The highest BCUT2D eigenvalue weighted by molar-refractivity contribution is 5.12. The quantitative estimate of drug-likeness (QED) is 0.545. The fourth-order valence-corrected chi connectivity index (χ4v) is 4.36. The summed E-state index contributed by atoms with van der Waals surface area (Å²) in [6.45, 7) is 17.2. The van der Waals surface area contributed by atoms with Crippen LogP contribution in [0.4, 0.5) is 0 Å². The first kappa shape index (κ1) is 14.1. The third kappa shape index (κ3) is 1.83. The maximum Gasteiger partial charge on any atom is -0.0192 e. The molecule has 1 rings (SSSR count). The molecule has 0 bridgehead atoms. The first-order chi connectivity index (χ1) is 7.29. The van der Waals surface area contributed by atoms with E-state index < -0.39 is 0 Å². The molecule has 0 heteroatoms. The lowest BCUT2D eigenvalue weighted by molar-refractivity contribution is -0.00823. The van der Waals surface area contributed by atoms with E-state index in [4.69, 9.17) is 0 Å². The molecular weight excluding hydrogens is 192 g/mol. The molecule has 1 fully saturated rings. The molecular formula is C16H32. The summed E-state index contributed by atoms with van der Waals surface area (Å²) in [6.07, 6.45) is 6.90. The average Bonchev–Trinajstić information content (AvgIpc) is 3.00. The second-order valence-electron chi connectivity index (χ2n) is 7.05. The van der Waals surface area contributed by atoms with Gasteiger partial charge in [-0.2, -0.15) is 0 Å². The van der Waals surface area contributed by atoms with Crippen molar-refractivity contribution in [2.45, 2.75) is 80.6 Å². The summed E-state index contributed by atoms with van der Waals surface area (Å²) in [7, 11) is 0. The Balaban J connectivity index is 2.99. The summed E-state index contributed by atoms with van der Waals surface area (Å²) < 4.78 is 0. The first-order valence-corrected chi connectivity index (χ1v) is 7.29. The molecule has 16 heavy (non-hydrogen) atoms. The van der Waals surface area contributed by atoms with Crippen molar-refractivity contribution in [3.63, 3.8) is 0 Å². The molecule has 1 aliphatic carbocycles. The summed E-state index contributed by atoms with van der Waals surface area (Å²) in [5.41, 5.74) is 1.64. The van der Waals surface area contributed by atoms with E-state index in [1.54, 1.807) is 0 Å². The Bertz CT molecular complexity index is 226. The molecule has 0 aromatic carbocycles. The molecule has 0 saturated heterocycles. The molecule has 1 saturated carbocycles. The van der Waals surface area contributed by atoms with Crippen molar-refractivity contribution >= 4 is 0 Å². The van der Waals surface area contributed by atoms with Crippen molar-refractivity contribution < 1.29 is 0 Å². The highest BCUT2D eigenvalue weighted by atomic mass is 14.7. The third-order valence-electron chi connectivity index (χ3n) is 6.17. The van der Waals surface area contributed by atoms with Crippen LogP contribution in [0.5, 0.6) is 0 Å². The lowest BCUT2D eigenvalue weighted by Gasteiger charge is -2.49. The van der Waals surface area contributed by atoms with E-state index >= 15 is 0 Å². The van der Waals surface area contributed by atoms with Gasteiger partial charge in [0.2, 0.25) is 0 Å². The molecule has 0 aliphatic heterocycles. The van der Waals surface area contributed by atoms with Gasteiger partial charge in [-0.05, 0) is 35.0 Å². The van der Waals surface area contributed by atoms with Crippen molar-refractivity contribution in [2.75, 3.05) is 0 Å². The number of hydrogen-bond acceptors (Lipinski definition) is 0. The van der Waals surface area contributed by atoms with Crippen LogP contribution in [0.1, 0.15) is 80.6 Å². The van der Waals surface area contributed by atoms with Crippen LogP contribution in [0.25, 0.3) is 0 Å². The zero-order chi connectivity index (χ0) is 12.6. The van der Waals surface area contributed by atoms with Crippen molar-refractivity contribution in [3.05, 3.63) is 0 Å². The summed E-state index contributed by atoms with van der Waals surface area (Å²) in [4.78, 5) is 0. The minimum absolute atomic E-state index is 0.510. The Morgan fingerprint density at radius 3 is 1.62 bits per heavy atom. The summed E-state index contributed by atoms with van der Waals surface area (Å²) >= 11 is 0. The maximum atomic E-state index is 2.54. The highest BCUT2D eigenvalue weighted by Crippen LogP contribution is 2.71. The Morgan fingerprint density at radius 1 is 0.938 bits per heavy atom. The van der Waals surface area contributed by atoms with Gasteiger partial charge in [-0.3, -0.25) is 0 Å². The molecule has 0 aromatic rings. The predicted octanol–water partition coefficient (Wildman–Crippen LogP) is 5.67. The van der Waals surface area contributed by atoms with E-state index in [9.17, 15) is 0 Å². The van der Waals surface area contributed by atoms with Crippen LogP contribution in [0, 0.1) is 22.2 Å². The summed E-state index contributed by atoms with van der Waals surface area (Å²) in [6, 6.07) is 0. The van der Waals surface area contributed by atoms with Gasteiger partial charge < -0.3 is 0 Å². The molecule has 0 amide bonds. The van der Waals surface area contributed by atoms with Crippen LogP contribution in [0.15, 0.2) is 0 Å².